The van der Waals surface area contributed by atoms with Gasteiger partial charge in [0.2, 0.25) is 5.91 Å². The molecular formula is C19H23N5O3S. The van der Waals surface area contributed by atoms with E-state index in [-0.39, 0.29) is 11.2 Å². The first-order chi connectivity index (χ1) is 13.4. The molecule has 1 aromatic carbocycles. The van der Waals surface area contributed by atoms with Crippen molar-refractivity contribution >= 4 is 23.3 Å². The highest BCUT2D eigenvalue weighted by Gasteiger charge is 2.19. The minimum Gasteiger partial charge on any atom is -0.493 e. The van der Waals surface area contributed by atoms with Gasteiger partial charge in [0, 0.05) is 18.3 Å². The average molecular weight is 401 g/mol. The maximum Gasteiger partial charge on any atom is 0.233 e. The van der Waals surface area contributed by atoms with Gasteiger partial charge in [-0.05, 0) is 38.5 Å². The third-order valence-corrected chi connectivity index (χ3v) is 5.27. The van der Waals surface area contributed by atoms with Crippen LogP contribution in [0.5, 0.6) is 11.5 Å². The van der Waals surface area contributed by atoms with E-state index in [1.54, 1.807) is 14.2 Å². The second kappa shape index (κ2) is 8.47. The number of aryl methyl sites for hydroxylation is 2. The Morgan fingerprint density at radius 1 is 1.18 bits per heavy atom. The summed E-state index contributed by atoms with van der Waals surface area (Å²) in [6, 6.07) is 7.42. The van der Waals surface area contributed by atoms with Crippen molar-refractivity contribution in [3.05, 3.63) is 41.3 Å². The highest BCUT2D eigenvalue weighted by atomic mass is 32.2. The molecule has 3 rings (SSSR count). The van der Waals surface area contributed by atoms with Gasteiger partial charge in [-0.3, -0.25) is 9.20 Å². The standard InChI is InChI=1S/C19H23N5O3S/c1-11-8-17-22-23-19(24(17)13(3)21-11)28-12(2)18(25)20-10-14-6-7-15(26-4)16(9-14)27-5/h6-9,12H,10H2,1-5H3,(H,20,25). The van der Waals surface area contributed by atoms with Crippen molar-refractivity contribution < 1.29 is 14.3 Å². The van der Waals surface area contributed by atoms with Crippen LogP contribution in [-0.4, -0.2) is 45.0 Å². The number of benzene rings is 1. The molecule has 0 aliphatic carbocycles. The molecule has 1 atom stereocenters. The molecule has 28 heavy (non-hydrogen) atoms. The van der Waals surface area contributed by atoms with Gasteiger partial charge in [-0.25, -0.2) is 4.98 Å². The number of hydrogen-bond acceptors (Lipinski definition) is 7. The third kappa shape index (κ3) is 4.19. The molecule has 0 fully saturated rings. The zero-order valence-electron chi connectivity index (χ0n) is 16.5. The molecule has 0 bridgehead atoms. The SMILES string of the molecule is COc1ccc(CNC(=O)C(C)Sc2nnc3cc(C)nc(C)n23)cc1OC. The normalized spacial score (nSPS) is 12.0. The van der Waals surface area contributed by atoms with Crippen LogP contribution in [0.15, 0.2) is 29.4 Å². The number of nitrogens with one attached hydrogen (secondary N) is 1. The Labute approximate surface area is 167 Å². The van der Waals surface area contributed by atoms with E-state index in [1.165, 1.54) is 11.8 Å². The Hall–Kier alpha value is -2.81. The van der Waals surface area contributed by atoms with Crippen LogP contribution in [0.4, 0.5) is 0 Å². The zero-order chi connectivity index (χ0) is 20.3. The number of nitrogens with zero attached hydrogens (tertiary/aromatic N) is 4. The van der Waals surface area contributed by atoms with Crippen LogP contribution in [0, 0.1) is 13.8 Å². The molecule has 2 aromatic heterocycles. The Bertz CT molecular complexity index is 1000. The van der Waals surface area contributed by atoms with Crippen LogP contribution in [0.3, 0.4) is 0 Å². The maximum atomic E-state index is 12.5. The molecule has 0 spiro atoms. The van der Waals surface area contributed by atoms with Gasteiger partial charge in [0.05, 0.1) is 19.5 Å². The Kier molecular flexibility index (Phi) is 6.03. The molecule has 148 valence electrons. The van der Waals surface area contributed by atoms with Crippen molar-refractivity contribution in [1.29, 1.82) is 0 Å². The summed E-state index contributed by atoms with van der Waals surface area (Å²) in [6.07, 6.45) is 0. The molecule has 0 aliphatic rings. The summed E-state index contributed by atoms with van der Waals surface area (Å²) in [7, 11) is 3.17. The summed E-state index contributed by atoms with van der Waals surface area (Å²) in [5, 5.41) is 11.6. The molecule has 1 N–H and O–H groups in total. The number of thioether (sulfide) groups is 1. The minimum absolute atomic E-state index is 0.0886. The summed E-state index contributed by atoms with van der Waals surface area (Å²) >= 11 is 1.35. The number of amides is 1. The molecule has 1 unspecified atom stereocenters. The Balaban J connectivity index is 1.66. The van der Waals surface area contributed by atoms with Crippen LogP contribution in [-0.2, 0) is 11.3 Å². The molecule has 2 heterocycles. The topological polar surface area (TPSA) is 90.6 Å². The van der Waals surface area contributed by atoms with Crippen LogP contribution in [0.2, 0.25) is 0 Å². The molecule has 1 amide bonds. The van der Waals surface area contributed by atoms with E-state index in [1.807, 2.05) is 49.4 Å². The number of hydrogen-bond donors (Lipinski definition) is 1. The smallest absolute Gasteiger partial charge is 0.233 e. The molecule has 9 heteroatoms. The lowest BCUT2D eigenvalue weighted by Crippen LogP contribution is -2.30. The maximum absolute atomic E-state index is 12.5. The van der Waals surface area contributed by atoms with Crippen molar-refractivity contribution in [1.82, 2.24) is 24.9 Å². The number of ether oxygens (including phenoxy) is 2. The average Bonchev–Trinajstić information content (AvgIpc) is 3.08. The number of aromatic nitrogens is 4. The van der Waals surface area contributed by atoms with Gasteiger partial charge in [0.15, 0.2) is 22.3 Å². The van der Waals surface area contributed by atoms with Crippen molar-refractivity contribution in [2.75, 3.05) is 14.2 Å². The van der Waals surface area contributed by atoms with Crippen molar-refractivity contribution in [3.63, 3.8) is 0 Å². The number of fused-ring (bicyclic) bond motifs is 1. The summed E-state index contributed by atoms with van der Waals surface area (Å²) in [5.41, 5.74) is 2.53. The molecule has 0 saturated heterocycles. The summed E-state index contributed by atoms with van der Waals surface area (Å²) in [4.78, 5) is 17.0. The van der Waals surface area contributed by atoms with Gasteiger partial charge in [-0.2, -0.15) is 0 Å². The van der Waals surface area contributed by atoms with Gasteiger partial charge < -0.3 is 14.8 Å². The lowest BCUT2D eigenvalue weighted by molar-refractivity contribution is -0.120. The number of carbonyl (C=O) groups is 1. The summed E-state index contributed by atoms with van der Waals surface area (Å²) in [6.45, 7) is 6.05. The number of methoxy groups -OCH3 is 2. The highest BCUT2D eigenvalue weighted by Crippen LogP contribution is 2.28. The lowest BCUT2D eigenvalue weighted by atomic mass is 10.2. The third-order valence-electron chi connectivity index (χ3n) is 4.22. The van der Waals surface area contributed by atoms with Gasteiger partial charge in [-0.1, -0.05) is 17.8 Å². The monoisotopic (exact) mass is 401 g/mol. The van der Waals surface area contributed by atoms with E-state index in [9.17, 15) is 4.79 Å². The van der Waals surface area contributed by atoms with Crippen LogP contribution < -0.4 is 14.8 Å². The molecule has 0 radical (unpaired) electrons. The van der Waals surface area contributed by atoms with E-state index in [0.29, 0.717) is 23.2 Å². The first kappa shape index (κ1) is 19.9. The first-order valence-electron chi connectivity index (χ1n) is 8.77. The van der Waals surface area contributed by atoms with E-state index in [0.717, 1.165) is 22.7 Å². The molecule has 0 saturated carbocycles. The Morgan fingerprint density at radius 2 is 1.93 bits per heavy atom. The van der Waals surface area contributed by atoms with Crippen molar-refractivity contribution in [2.45, 2.75) is 37.7 Å². The first-order valence-corrected chi connectivity index (χ1v) is 9.65. The van der Waals surface area contributed by atoms with Crippen LogP contribution in [0.25, 0.3) is 5.65 Å². The predicted octanol–water partition coefficient (Wildman–Crippen LogP) is 2.56. The fraction of sp³-hybridized carbons (Fsp3) is 0.368. The number of carbonyl (C=O) groups excluding carboxylic acids is 1. The van der Waals surface area contributed by atoms with Gasteiger partial charge in [0.25, 0.3) is 0 Å². The van der Waals surface area contributed by atoms with E-state index in [2.05, 4.69) is 20.5 Å². The second-order valence-electron chi connectivity index (χ2n) is 6.29. The van der Waals surface area contributed by atoms with Crippen LogP contribution >= 0.6 is 11.8 Å². The lowest BCUT2D eigenvalue weighted by Gasteiger charge is -2.13. The molecule has 3 aromatic rings. The van der Waals surface area contributed by atoms with Gasteiger partial charge >= 0.3 is 0 Å². The zero-order valence-corrected chi connectivity index (χ0v) is 17.3. The Morgan fingerprint density at radius 3 is 2.64 bits per heavy atom. The van der Waals surface area contributed by atoms with E-state index in [4.69, 9.17) is 9.47 Å². The van der Waals surface area contributed by atoms with Gasteiger partial charge in [-0.15, -0.1) is 10.2 Å². The summed E-state index contributed by atoms with van der Waals surface area (Å²) in [5.74, 6) is 1.99. The molecule has 8 nitrogen and oxygen atoms in total. The fourth-order valence-electron chi connectivity index (χ4n) is 2.81. The highest BCUT2D eigenvalue weighted by molar-refractivity contribution is 8.00. The van der Waals surface area contributed by atoms with E-state index >= 15 is 0 Å². The van der Waals surface area contributed by atoms with E-state index < -0.39 is 0 Å². The fourth-order valence-corrected chi connectivity index (χ4v) is 3.74. The summed E-state index contributed by atoms with van der Waals surface area (Å²) < 4.78 is 12.4. The quantitative estimate of drug-likeness (QED) is 0.609. The number of rotatable bonds is 7. The van der Waals surface area contributed by atoms with Crippen LogP contribution in [0.1, 0.15) is 24.0 Å². The predicted molar refractivity (Wildman–Crippen MR) is 107 cm³/mol. The van der Waals surface area contributed by atoms with Crippen molar-refractivity contribution in [3.8, 4) is 11.5 Å². The molecular weight excluding hydrogens is 378 g/mol. The second-order valence-corrected chi connectivity index (χ2v) is 7.60. The molecule has 0 aliphatic heterocycles. The van der Waals surface area contributed by atoms with Crippen molar-refractivity contribution in [2.24, 2.45) is 0 Å². The largest absolute Gasteiger partial charge is 0.493 e. The minimum atomic E-state index is -0.340. The van der Waals surface area contributed by atoms with Gasteiger partial charge in [0.1, 0.15) is 5.82 Å².